The summed E-state index contributed by atoms with van der Waals surface area (Å²) < 4.78 is 36.3. The third kappa shape index (κ3) is 13.1. The molecule has 0 aliphatic heterocycles. The Morgan fingerprint density at radius 3 is 1.16 bits per heavy atom. The van der Waals surface area contributed by atoms with Crippen LogP contribution >= 0.6 is 0 Å². The van der Waals surface area contributed by atoms with Crippen LogP contribution in [0.25, 0.3) is 0 Å². The summed E-state index contributed by atoms with van der Waals surface area (Å²) in [5.41, 5.74) is 4.05. The average molecular weight is 759 g/mol. The molecule has 0 amide bonds. The number of benzene rings is 2. The molecule has 1 nitrogen and oxygen atoms in total. The van der Waals surface area contributed by atoms with Gasteiger partial charge in [-0.1, -0.05) is 115 Å². The van der Waals surface area contributed by atoms with Crippen molar-refractivity contribution in [3.63, 3.8) is 0 Å². The molecule has 4 aliphatic carbocycles. The van der Waals surface area contributed by atoms with Gasteiger partial charge in [0.25, 0.3) is 0 Å². The summed E-state index contributed by atoms with van der Waals surface area (Å²) >= 11 is 0. The number of ether oxygens (including phenoxy) is 1. The van der Waals surface area contributed by atoms with Gasteiger partial charge in [-0.3, -0.25) is 0 Å². The Morgan fingerprint density at radius 2 is 0.818 bits per heavy atom. The second kappa shape index (κ2) is 23.0. The van der Waals surface area contributed by atoms with Crippen molar-refractivity contribution in [2.45, 2.75) is 205 Å². The number of aryl methyl sites for hydroxylation is 2. The second-order valence-electron chi connectivity index (χ2n) is 19.3. The molecule has 3 heteroatoms. The van der Waals surface area contributed by atoms with E-state index in [1.165, 1.54) is 165 Å². The topological polar surface area (TPSA) is 9.23 Å². The van der Waals surface area contributed by atoms with Crippen molar-refractivity contribution in [3.05, 3.63) is 70.3 Å². The van der Waals surface area contributed by atoms with E-state index in [1.807, 2.05) is 24.3 Å². The molecular weight excluding hydrogens is 679 g/mol. The summed E-state index contributed by atoms with van der Waals surface area (Å²) in [4.78, 5) is 0. The van der Waals surface area contributed by atoms with Crippen LogP contribution in [0, 0.1) is 47.1 Å². The fourth-order valence-electron chi connectivity index (χ4n) is 12.0. The van der Waals surface area contributed by atoms with Gasteiger partial charge < -0.3 is 4.74 Å². The lowest BCUT2D eigenvalue weighted by Gasteiger charge is -2.38. The summed E-state index contributed by atoms with van der Waals surface area (Å²) in [5, 5.41) is 0. The SMILES string of the molecule is CCCCCC1CCC(C2CCC(c3ccc(CCCOCCCc4ccc(C5CCC(C6CCC(CCCCC)CC6)CC5)cc4F)c(F)c3)CC2)CC1. The summed E-state index contributed by atoms with van der Waals surface area (Å²) in [5.74, 6) is 6.63. The Balaban J connectivity index is 0.814. The number of hydrogen-bond acceptors (Lipinski definition) is 1. The van der Waals surface area contributed by atoms with Crippen molar-refractivity contribution in [1.82, 2.24) is 0 Å². The van der Waals surface area contributed by atoms with Crippen LogP contribution in [0.4, 0.5) is 8.78 Å². The van der Waals surface area contributed by atoms with Gasteiger partial charge in [0.15, 0.2) is 0 Å². The van der Waals surface area contributed by atoms with E-state index in [0.717, 1.165) is 59.5 Å². The first kappa shape index (κ1) is 42.9. The average Bonchev–Trinajstić information content (AvgIpc) is 3.22. The van der Waals surface area contributed by atoms with Crippen molar-refractivity contribution >= 4 is 0 Å². The smallest absolute Gasteiger partial charge is 0.126 e. The Bertz CT molecular complexity index is 1250. The van der Waals surface area contributed by atoms with Crippen LogP contribution in [0.3, 0.4) is 0 Å². The van der Waals surface area contributed by atoms with Crippen molar-refractivity contribution in [2.24, 2.45) is 35.5 Å². The molecule has 2 aromatic rings. The Labute approximate surface area is 337 Å². The van der Waals surface area contributed by atoms with Crippen LogP contribution in [0.1, 0.15) is 215 Å². The summed E-state index contributed by atoms with van der Waals surface area (Å²) in [6, 6.07) is 12.2. The quantitative estimate of drug-likeness (QED) is 0.122. The summed E-state index contributed by atoms with van der Waals surface area (Å²) in [6.07, 6.45) is 36.1. The zero-order valence-electron chi connectivity index (χ0n) is 35.5. The lowest BCUT2D eigenvalue weighted by molar-refractivity contribution is 0.129. The Morgan fingerprint density at radius 1 is 0.455 bits per heavy atom. The van der Waals surface area contributed by atoms with Gasteiger partial charge >= 0.3 is 0 Å². The minimum atomic E-state index is -0.0385. The highest BCUT2D eigenvalue weighted by atomic mass is 19.1. The summed E-state index contributed by atoms with van der Waals surface area (Å²) in [6.45, 7) is 5.86. The molecular formula is C52H80F2O. The molecule has 0 heterocycles. The molecule has 55 heavy (non-hydrogen) atoms. The molecule has 6 rings (SSSR count). The van der Waals surface area contributed by atoms with E-state index in [4.69, 9.17) is 4.74 Å². The van der Waals surface area contributed by atoms with Crippen LogP contribution in [0.5, 0.6) is 0 Å². The zero-order chi connectivity index (χ0) is 38.2. The molecule has 0 N–H and O–H groups in total. The monoisotopic (exact) mass is 759 g/mol. The predicted octanol–water partition coefficient (Wildman–Crippen LogP) is 15.9. The lowest BCUT2D eigenvalue weighted by atomic mass is 9.68. The highest BCUT2D eigenvalue weighted by Crippen LogP contribution is 2.46. The van der Waals surface area contributed by atoms with E-state index < -0.39 is 0 Å². The van der Waals surface area contributed by atoms with Crippen molar-refractivity contribution in [1.29, 1.82) is 0 Å². The maximum atomic E-state index is 15.2. The molecule has 2 aromatic carbocycles. The number of hydrogen-bond donors (Lipinski definition) is 0. The Kier molecular flexibility index (Phi) is 17.9. The van der Waals surface area contributed by atoms with Gasteiger partial charge in [-0.15, -0.1) is 0 Å². The van der Waals surface area contributed by atoms with Gasteiger partial charge in [-0.05, 0) is 184 Å². The lowest BCUT2D eigenvalue weighted by Crippen LogP contribution is -2.25. The van der Waals surface area contributed by atoms with E-state index in [9.17, 15) is 0 Å². The van der Waals surface area contributed by atoms with E-state index >= 15 is 8.78 Å². The molecule has 308 valence electrons. The van der Waals surface area contributed by atoms with Gasteiger partial charge in [-0.25, -0.2) is 8.78 Å². The molecule has 4 aliphatic rings. The van der Waals surface area contributed by atoms with Crippen LogP contribution in [-0.4, -0.2) is 13.2 Å². The number of halogens is 2. The van der Waals surface area contributed by atoms with Crippen LogP contribution < -0.4 is 0 Å². The van der Waals surface area contributed by atoms with Crippen LogP contribution in [-0.2, 0) is 17.6 Å². The minimum absolute atomic E-state index is 0.0385. The number of rotatable bonds is 20. The molecule has 0 radical (unpaired) electrons. The first-order valence-electron chi connectivity index (χ1n) is 24.1. The first-order chi connectivity index (χ1) is 27.0. The maximum absolute atomic E-state index is 15.2. The molecule has 4 fully saturated rings. The third-order valence-corrected chi connectivity index (χ3v) is 15.7. The van der Waals surface area contributed by atoms with Crippen LogP contribution in [0.2, 0.25) is 0 Å². The van der Waals surface area contributed by atoms with Crippen molar-refractivity contribution in [3.8, 4) is 0 Å². The normalized spacial score (nSPS) is 29.0. The van der Waals surface area contributed by atoms with Gasteiger partial charge in [0.2, 0.25) is 0 Å². The van der Waals surface area contributed by atoms with E-state index in [1.54, 1.807) is 0 Å². The second-order valence-corrected chi connectivity index (χ2v) is 19.3. The van der Waals surface area contributed by atoms with Gasteiger partial charge in [0, 0.05) is 13.2 Å². The fourth-order valence-corrected chi connectivity index (χ4v) is 12.0. The predicted molar refractivity (Wildman–Crippen MR) is 229 cm³/mol. The molecule has 0 atom stereocenters. The number of unbranched alkanes of at least 4 members (excludes halogenated alkanes) is 4. The molecule has 0 unspecified atom stereocenters. The minimum Gasteiger partial charge on any atom is -0.381 e. The van der Waals surface area contributed by atoms with Gasteiger partial charge in [0.05, 0.1) is 0 Å². The van der Waals surface area contributed by atoms with E-state index in [2.05, 4.69) is 26.0 Å². The fraction of sp³-hybridized carbons (Fsp3) is 0.769. The van der Waals surface area contributed by atoms with E-state index in [-0.39, 0.29) is 11.6 Å². The highest BCUT2D eigenvalue weighted by Gasteiger charge is 2.33. The first-order valence-corrected chi connectivity index (χ1v) is 24.1. The zero-order valence-corrected chi connectivity index (χ0v) is 35.5. The van der Waals surface area contributed by atoms with Gasteiger partial charge in [0.1, 0.15) is 11.6 Å². The molecule has 4 saturated carbocycles. The highest BCUT2D eigenvalue weighted by molar-refractivity contribution is 5.29. The van der Waals surface area contributed by atoms with Crippen molar-refractivity contribution in [2.75, 3.05) is 13.2 Å². The summed E-state index contributed by atoms with van der Waals surface area (Å²) in [7, 11) is 0. The third-order valence-electron chi connectivity index (χ3n) is 15.7. The largest absolute Gasteiger partial charge is 0.381 e. The molecule has 0 saturated heterocycles. The van der Waals surface area contributed by atoms with Gasteiger partial charge in [-0.2, -0.15) is 0 Å². The maximum Gasteiger partial charge on any atom is 0.126 e. The molecule has 0 spiro atoms. The van der Waals surface area contributed by atoms with Crippen molar-refractivity contribution < 1.29 is 13.5 Å². The Hall–Kier alpha value is -1.74. The van der Waals surface area contributed by atoms with E-state index in [0.29, 0.717) is 37.9 Å². The standard InChI is InChI=1S/C52H80F2O/c1-3-5-7-11-39-15-19-41(20-16-39)43-23-27-45(28-24-43)49-33-31-47(51(53)37-49)13-9-35-55-36-10-14-48-32-34-50(38-52(48)54)46-29-25-44(26-30-46)42-21-17-40(18-22-42)12-8-6-4-2/h31-34,37-46H,3-30,35-36H2,1-2H3. The van der Waals surface area contributed by atoms with Crippen LogP contribution in [0.15, 0.2) is 36.4 Å². The molecule has 0 aromatic heterocycles. The molecule has 0 bridgehead atoms.